The Bertz CT molecular complexity index is 967. The number of amides is 1. The van der Waals surface area contributed by atoms with Crippen LogP contribution in [-0.4, -0.2) is 51.5 Å². The molecule has 3 rings (SSSR count). The Kier molecular flexibility index (Phi) is 7.05. The summed E-state index contributed by atoms with van der Waals surface area (Å²) in [5.41, 5.74) is 3.46. The normalized spacial score (nSPS) is 15.2. The number of nitrogens with one attached hydrogen (secondary N) is 1. The zero-order valence-electron chi connectivity index (χ0n) is 17.0. The van der Waals surface area contributed by atoms with Crippen molar-refractivity contribution in [3.05, 3.63) is 64.7 Å². The van der Waals surface area contributed by atoms with Crippen molar-refractivity contribution in [2.45, 2.75) is 31.6 Å². The Morgan fingerprint density at radius 1 is 1.10 bits per heavy atom. The van der Waals surface area contributed by atoms with E-state index in [-0.39, 0.29) is 10.8 Å². The van der Waals surface area contributed by atoms with E-state index in [9.17, 15) is 13.2 Å². The maximum absolute atomic E-state index is 13.0. The van der Waals surface area contributed by atoms with Crippen molar-refractivity contribution in [3.63, 3.8) is 0 Å². The first-order valence-electron chi connectivity index (χ1n) is 9.90. The number of nitrogens with zero attached hydrogens (tertiary/aromatic N) is 1. The number of benzene rings is 2. The molecule has 0 aliphatic carbocycles. The van der Waals surface area contributed by atoms with E-state index in [2.05, 4.69) is 30.4 Å². The molecule has 2 aromatic rings. The molecule has 1 N–H and O–H groups in total. The zero-order valence-corrected chi connectivity index (χ0v) is 17.8. The molecule has 1 amide bonds. The molecule has 1 heterocycles. The van der Waals surface area contributed by atoms with Gasteiger partial charge in [-0.3, -0.25) is 4.79 Å². The molecular weight excluding hydrogens is 388 g/mol. The Morgan fingerprint density at radius 3 is 2.59 bits per heavy atom. The summed E-state index contributed by atoms with van der Waals surface area (Å²) < 4.78 is 32.6. The van der Waals surface area contributed by atoms with Crippen LogP contribution in [0.2, 0.25) is 0 Å². The molecule has 6 nitrogen and oxygen atoms in total. The lowest BCUT2D eigenvalue weighted by molar-refractivity contribution is 0.0730. The predicted molar refractivity (Wildman–Crippen MR) is 113 cm³/mol. The minimum atomic E-state index is -3.64. The van der Waals surface area contributed by atoms with Gasteiger partial charge in [0.25, 0.3) is 5.91 Å². The number of ether oxygens (including phenoxy) is 1. The van der Waals surface area contributed by atoms with Gasteiger partial charge in [0.2, 0.25) is 10.0 Å². The monoisotopic (exact) mass is 416 g/mol. The lowest BCUT2D eigenvalue weighted by atomic mass is 10.1. The van der Waals surface area contributed by atoms with Crippen LogP contribution in [0.5, 0.6) is 0 Å². The van der Waals surface area contributed by atoms with Crippen molar-refractivity contribution >= 4 is 15.9 Å². The second-order valence-corrected chi connectivity index (χ2v) is 9.25. The van der Waals surface area contributed by atoms with Crippen molar-refractivity contribution in [1.29, 1.82) is 0 Å². The first-order valence-corrected chi connectivity index (χ1v) is 11.3. The fourth-order valence-corrected chi connectivity index (χ4v) is 5.07. The highest BCUT2D eigenvalue weighted by Crippen LogP contribution is 2.22. The van der Waals surface area contributed by atoms with Gasteiger partial charge in [0.1, 0.15) is 0 Å². The highest BCUT2D eigenvalue weighted by Gasteiger charge is 2.28. The number of sulfonamides is 1. The van der Waals surface area contributed by atoms with Crippen LogP contribution in [0.3, 0.4) is 0 Å². The fraction of sp³-hybridized carbons (Fsp3) is 0.409. The number of hydrogen-bond donors (Lipinski definition) is 1. The molecule has 156 valence electrons. The molecule has 1 aliphatic rings. The molecule has 1 saturated heterocycles. The number of hydrogen-bond acceptors (Lipinski definition) is 4. The Morgan fingerprint density at radius 2 is 1.86 bits per heavy atom. The lowest BCUT2D eigenvalue weighted by Crippen LogP contribution is -2.41. The molecule has 0 aromatic heterocycles. The van der Waals surface area contributed by atoms with E-state index >= 15 is 0 Å². The summed E-state index contributed by atoms with van der Waals surface area (Å²) in [5, 5.41) is 2.89. The van der Waals surface area contributed by atoms with E-state index in [4.69, 9.17) is 4.74 Å². The van der Waals surface area contributed by atoms with E-state index in [0.29, 0.717) is 44.0 Å². The van der Waals surface area contributed by atoms with Gasteiger partial charge in [-0.15, -0.1) is 0 Å². The van der Waals surface area contributed by atoms with Crippen LogP contribution in [0.4, 0.5) is 0 Å². The van der Waals surface area contributed by atoms with Gasteiger partial charge in [-0.05, 0) is 49.9 Å². The maximum atomic E-state index is 13.0. The van der Waals surface area contributed by atoms with Gasteiger partial charge in [0.15, 0.2) is 0 Å². The highest BCUT2D eigenvalue weighted by atomic mass is 32.2. The van der Waals surface area contributed by atoms with Gasteiger partial charge in [0.05, 0.1) is 18.1 Å². The summed E-state index contributed by atoms with van der Waals surface area (Å²) in [6, 6.07) is 13.2. The second kappa shape index (κ2) is 9.52. The van der Waals surface area contributed by atoms with Crippen LogP contribution in [0.25, 0.3) is 0 Å². The van der Waals surface area contributed by atoms with Gasteiger partial charge < -0.3 is 10.1 Å². The Labute approximate surface area is 172 Å². The third-order valence-electron chi connectivity index (χ3n) is 5.05. The van der Waals surface area contributed by atoms with Crippen molar-refractivity contribution in [3.8, 4) is 0 Å². The quantitative estimate of drug-likeness (QED) is 0.704. The van der Waals surface area contributed by atoms with E-state index in [1.807, 2.05) is 6.07 Å². The van der Waals surface area contributed by atoms with E-state index in [1.165, 1.54) is 21.5 Å². The van der Waals surface area contributed by atoms with E-state index < -0.39 is 10.0 Å². The van der Waals surface area contributed by atoms with Crippen molar-refractivity contribution in [1.82, 2.24) is 9.62 Å². The molecule has 0 atom stereocenters. The van der Waals surface area contributed by atoms with Crippen LogP contribution in [0.1, 0.15) is 33.5 Å². The molecule has 2 aromatic carbocycles. The average Bonchev–Trinajstić information content (AvgIpc) is 2.72. The summed E-state index contributed by atoms with van der Waals surface area (Å²) in [5.74, 6) is -0.257. The second-order valence-electron chi connectivity index (χ2n) is 7.35. The average molecular weight is 417 g/mol. The molecule has 29 heavy (non-hydrogen) atoms. The molecule has 0 spiro atoms. The minimum absolute atomic E-state index is 0.187. The van der Waals surface area contributed by atoms with Crippen LogP contribution in [0, 0.1) is 13.8 Å². The Balaban J connectivity index is 1.63. The lowest BCUT2D eigenvalue weighted by Gasteiger charge is -2.26. The number of morpholine rings is 1. The first-order chi connectivity index (χ1) is 13.9. The van der Waals surface area contributed by atoms with E-state index in [0.717, 1.165) is 12.8 Å². The third kappa shape index (κ3) is 5.44. The molecular formula is C22H28N2O4S. The molecule has 1 fully saturated rings. The molecule has 1 aliphatic heterocycles. The van der Waals surface area contributed by atoms with Crippen molar-refractivity contribution in [2.24, 2.45) is 0 Å². The molecule has 7 heteroatoms. The third-order valence-corrected chi connectivity index (χ3v) is 7.09. The molecule has 0 radical (unpaired) electrons. The van der Waals surface area contributed by atoms with Gasteiger partial charge in [0, 0.05) is 25.2 Å². The SMILES string of the molecule is Cc1cccc(CCCNC(=O)c2ccc(C)c(S(=O)(=O)N3CCOCC3)c2)c1. The summed E-state index contributed by atoms with van der Waals surface area (Å²) in [6.07, 6.45) is 1.70. The van der Waals surface area contributed by atoms with Gasteiger partial charge in [-0.1, -0.05) is 35.9 Å². The maximum Gasteiger partial charge on any atom is 0.251 e. The van der Waals surface area contributed by atoms with Crippen LogP contribution < -0.4 is 5.32 Å². The standard InChI is InChI=1S/C22H28N2O4S/c1-17-5-3-6-19(15-17)7-4-10-23-22(25)20-9-8-18(2)21(16-20)29(26,27)24-11-13-28-14-12-24/h3,5-6,8-9,15-16H,4,7,10-14H2,1-2H3,(H,23,25). The zero-order chi connectivity index (χ0) is 20.9. The van der Waals surface area contributed by atoms with Gasteiger partial charge in [-0.25, -0.2) is 8.42 Å². The number of rotatable bonds is 7. The first kappa shape index (κ1) is 21.5. The molecule has 0 unspecified atom stereocenters. The largest absolute Gasteiger partial charge is 0.379 e. The van der Waals surface area contributed by atoms with Crippen LogP contribution in [-0.2, 0) is 21.2 Å². The number of carbonyl (C=O) groups excluding carboxylic acids is 1. The topological polar surface area (TPSA) is 75.7 Å². The fourth-order valence-electron chi connectivity index (χ4n) is 3.41. The van der Waals surface area contributed by atoms with Crippen LogP contribution in [0.15, 0.2) is 47.4 Å². The summed E-state index contributed by atoms with van der Waals surface area (Å²) in [4.78, 5) is 12.7. The summed E-state index contributed by atoms with van der Waals surface area (Å²) >= 11 is 0. The van der Waals surface area contributed by atoms with E-state index in [1.54, 1.807) is 19.1 Å². The van der Waals surface area contributed by atoms with Crippen molar-refractivity contribution < 1.29 is 17.9 Å². The van der Waals surface area contributed by atoms with Gasteiger partial charge in [-0.2, -0.15) is 4.31 Å². The molecule has 0 bridgehead atoms. The number of aryl methyl sites for hydroxylation is 3. The Hall–Kier alpha value is -2.22. The van der Waals surface area contributed by atoms with Gasteiger partial charge >= 0.3 is 0 Å². The molecule has 0 saturated carbocycles. The summed E-state index contributed by atoms with van der Waals surface area (Å²) in [6.45, 7) is 5.78. The minimum Gasteiger partial charge on any atom is -0.379 e. The predicted octanol–water partition coefficient (Wildman–Crippen LogP) is 2.69. The summed E-state index contributed by atoms with van der Waals surface area (Å²) in [7, 11) is -3.64. The van der Waals surface area contributed by atoms with Crippen LogP contribution >= 0.6 is 0 Å². The number of carbonyl (C=O) groups is 1. The van der Waals surface area contributed by atoms with Crippen molar-refractivity contribution in [2.75, 3.05) is 32.8 Å². The highest BCUT2D eigenvalue weighted by molar-refractivity contribution is 7.89. The smallest absolute Gasteiger partial charge is 0.251 e.